The van der Waals surface area contributed by atoms with Gasteiger partial charge in [0, 0.05) is 34.0 Å². The van der Waals surface area contributed by atoms with Crippen LogP contribution in [0.5, 0.6) is 0 Å². The molecular weight excluding hydrogens is 393 g/mol. The molecule has 0 fully saturated rings. The minimum absolute atomic E-state index is 0.0198. The molecule has 1 aromatic carbocycles. The topological polar surface area (TPSA) is 82.7 Å². The van der Waals surface area contributed by atoms with Crippen molar-refractivity contribution in [3.8, 4) is 11.1 Å². The molecule has 6 nitrogen and oxygen atoms in total. The van der Waals surface area contributed by atoms with Gasteiger partial charge in [-0.05, 0) is 30.2 Å². The van der Waals surface area contributed by atoms with Crippen molar-refractivity contribution in [3.05, 3.63) is 75.3 Å². The number of aromatic nitrogens is 3. The van der Waals surface area contributed by atoms with Crippen molar-refractivity contribution in [1.29, 1.82) is 0 Å². The average molecular weight is 412 g/mol. The van der Waals surface area contributed by atoms with Crippen LogP contribution in [-0.4, -0.2) is 15.0 Å². The van der Waals surface area contributed by atoms with E-state index in [1.165, 1.54) is 24.5 Å². The monoisotopic (exact) mass is 411 g/mol. The van der Waals surface area contributed by atoms with Gasteiger partial charge in [0.2, 0.25) is 0 Å². The Balaban J connectivity index is 1.85. The first-order chi connectivity index (χ1) is 13.8. The Bertz CT molecular complexity index is 1190. The molecule has 148 valence electrons. The van der Waals surface area contributed by atoms with Gasteiger partial charge >= 0.3 is 0 Å². The van der Waals surface area contributed by atoms with E-state index >= 15 is 0 Å². The van der Waals surface area contributed by atoms with Gasteiger partial charge in [0.15, 0.2) is 0 Å². The lowest BCUT2D eigenvalue weighted by molar-refractivity contribution is 0.631. The van der Waals surface area contributed by atoms with Crippen LogP contribution in [0, 0.1) is 5.82 Å². The second kappa shape index (κ2) is 7.33. The third kappa shape index (κ3) is 3.61. The molecule has 3 heterocycles. The molecule has 0 bridgehead atoms. The van der Waals surface area contributed by atoms with Crippen molar-refractivity contribution >= 4 is 28.9 Å². The number of hydrogen-bond donors (Lipinski definition) is 3. The first kappa shape index (κ1) is 19.1. The summed E-state index contributed by atoms with van der Waals surface area (Å²) in [6.45, 7) is 7.86. The summed E-state index contributed by atoms with van der Waals surface area (Å²) < 4.78 is 14.4. The third-order valence-electron chi connectivity index (χ3n) is 4.75. The fourth-order valence-corrected chi connectivity index (χ4v) is 3.53. The van der Waals surface area contributed by atoms with Crippen molar-refractivity contribution in [2.24, 2.45) is 0 Å². The number of anilines is 3. The lowest BCUT2D eigenvalue weighted by atomic mass is 10.0. The van der Waals surface area contributed by atoms with Crippen LogP contribution in [0.4, 0.5) is 21.7 Å². The zero-order valence-electron chi connectivity index (χ0n) is 15.9. The molecular formula is C21H19ClFN5O. The zero-order chi connectivity index (χ0) is 20.7. The number of hydrogen-bond acceptors (Lipinski definition) is 5. The van der Waals surface area contributed by atoms with Crippen LogP contribution in [0.2, 0.25) is 5.02 Å². The molecule has 8 heteroatoms. The summed E-state index contributed by atoms with van der Waals surface area (Å²) in [5.74, 6) is 0.801. The molecule has 0 saturated carbocycles. The van der Waals surface area contributed by atoms with Gasteiger partial charge in [-0.1, -0.05) is 32.0 Å². The smallest absolute Gasteiger partial charge is 0.256 e. The van der Waals surface area contributed by atoms with Crippen LogP contribution >= 0.6 is 11.6 Å². The molecule has 0 unspecified atom stereocenters. The highest BCUT2D eigenvalue weighted by atomic mass is 35.5. The Kier molecular flexibility index (Phi) is 4.84. The van der Waals surface area contributed by atoms with Crippen LogP contribution in [0.25, 0.3) is 11.1 Å². The Morgan fingerprint density at radius 3 is 2.79 bits per heavy atom. The van der Waals surface area contributed by atoms with E-state index < -0.39 is 5.82 Å². The zero-order valence-corrected chi connectivity index (χ0v) is 16.7. The number of nitrogens with zero attached hydrogens (tertiary/aromatic N) is 2. The first-order valence-corrected chi connectivity index (χ1v) is 9.49. The normalized spacial score (nSPS) is 12.8. The highest BCUT2D eigenvalue weighted by Crippen LogP contribution is 2.34. The van der Waals surface area contributed by atoms with E-state index in [0.717, 1.165) is 11.3 Å². The van der Waals surface area contributed by atoms with Crippen LogP contribution in [0.15, 0.2) is 47.7 Å². The van der Waals surface area contributed by atoms with Gasteiger partial charge in [-0.25, -0.2) is 14.4 Å². The predicted molar refractivity (Wildman–Crippen MR) is 113 cm³/mol. The summed E-state index contributed by atoms with van der Waals surface area (Å²) in [5.41, 5.74) is 2.98. The summed E-state index contributed by atoms with van der Waals surface area (Å²) in [5, 5.41) is 6.75. The van der Waals surface area contributed by atoms with Crippen LogP contribution in [-0.2, 0) is 6.42 Å². The summed E-state index contributed by atoms with van der Waals surface area (Å²) in [6.07, 6.45) is 2.04. The van der Waals surface area contributed by atoms with Crippen molar-refractivity contribution in [1.82, 2.24) is 15.0 Å². The number of rotatable bonds is 4. The molecule has 2 aromatic heterocycles. The fourth-order valence-electron chi connectivity index (χ4n) is 3.36. The second-order valence-corrected chi connectivity index (χ2v) is 7.63. The number of nitrogens with one attached hydrogen (secondary N) is 3. The van der Waals surface area contributed by atoms with Gasteiger partial charge in [-0.3, -0.25) is 4.79 Å². The largest absolute Gasteiger partial charge is 0.344 e. The van der Waals surface area contributed by atoms with E-state index in [-0.39, 0.29) is 22.6 Å². The average Bonchev–Trinajstić information content (AvgIpc) is 3.06. The Labute approximate surface area is 171 Å². The molecule has 1 aliphatic rings. The number of benzene rings is 1. The maximum atomic E-state index is 14.4. The molecule has 0 radical (unpaired) electrons. The predicted octanol–water partition coefficient (Wildman–Crippen LogP) is 4.97. The standard InChI is InChI=1S/C21H19ClFN5O/c1-10(2)18-17(27-20-15-6-11(3)26-19(15)24-9-25-20)8-14(21(29)28-18)13-7-12(22)4-5-16(13)23/h4-5,7-10H,3,6H2,1-2H3,(H,28,29)(H2,24,25,26,27). The minimum Gasteiger partial charge on any atom is -0.344 e. The van der Waals surface area contributed by atoms with E-state index in [4.69, 9.17) is 11.6 Å². The van der Waals surface area contributed by atoms with E-state index in [2.05, 4.69) is 32.2 Å². The van der Waals surface area contributed by atoms with Gasteiger partial charge in [-0.15, -0.1) is 0 Å². The maximum Gasteiger partial charge on any atom is 0.256 e. The highest BCUT2D eigenvalue weighted by Gasteiger charge is 2.22. The lowest BCUT2D eigenvalue weighted by Gasteiger charge is -2.17. The van der Waals surface area contributed by atoms with Gasteiger partial charge in [0.05, 0.1) is 11.3 Å². The molecule has 0 amide bonds. The van der Waals surface area contributed by atoms with E-state index in [0.29, 0.717) is 34.5 Å². The molecule has 0 spiro atoms. The molecule has 3 N–H and O–H groups in total. The number of halogens is 2. The Morgan fingerprint density at radius 2 is 2.03 bits per heavy atom. The molecule has 0 atom stereocenters. The van der Waals surface area contributed by atoms with Gasteiger partial charge in [0.25, 0.3) is 5.56 Å². The van der Waals surface area contributed by atoms with Gasteiger partial charge < -0.3 is 15.6 Å². The SMILES string of the molecule is C=C1Cc2c(ncnc2Nc2cc(-c3cc(Cl)ccc3F)c(=O)[nH]c2C(C)C)N1. The number of pyridine rings is 1. The lowest BCUT2D eigenvalue weighted by Crippen LogP contribution is -2.16. The summed E-state index contributed by atoms with van der Waals surface area (Å²) in [6, 6.07) is 5.76. The first-order valence-electron chi connectivity index (χ1n) is 9.12. The quantitative estimate of drug-likeness (QED) is 0.564. The van der Waals surface area contributed by atoms with E-state index in [9.17, 15) is 9.18 Å². The van der Waals surface area contributed by atoms with Crippen LogP contribution in [0.3, 0.4) is 0 Å². The van der Waals surface area contributed by atoms with Crippen molar-refractivity contribution < 1.29 is 4.39 Å². The number of allylic oxidation sites excluding steroid dienone is 1. The number of aromatic amines is 1. The Hall–Kier alpha value is -3.19. The van der Waals surface area contributed by atoms with Crippen molar-refractivity contribution in [3.63, 3.8) is 0 Å². The van der Waals surface area contributed by atoms with Crippen LogP contribution < -0.4 is 16.2 Å². The molecule has 0 saturated heterocycles. The summed E-state index contributed by atoms with van der Waals surface area (Å²) >= 11 is 6.02. The minimum atomic E-state index is -0.522. The highest BCUT2D eigenvalue weighted by molar-refractivity contribution is 6.30. The molecule has 1 aliphatic heterocycles. The van der Waals surface area contributed by atoms with Crippen LogP contribution in [0.1, 0.15) is 31.0 Å². The molecule has 4 rings (SSSR count). The molecule has 3 aromatic rings. The van der Waals surface area contributed by atoms with E-state index in [1.807, 2.05) is 13.8 Å². The van der Waals surface area contributed by atoms with Crippen molar-refractivity contribution in [2.45, 2.75) is 26.2 Å². The Morgan fingerprint density at radius 1 is 1.24 bits per heavy atom. The molecule has 0 aliphatic carbocycles. The fraction of sp³-hybridized carbons (Fsp3) is 0.190. The maximum absolute atomic E-state index is 14.4. The number of H-pyrrole nitrogens is 1. The third-order valence-corrected chi connectivity index (χ3v) is 4.99. The van der Waals surface area contributed by atoms with Gasteiger partial charge in [0.1, 0.15) is 23.8 Å². The number of fused-ring (bicyclic) bond motifs is 1. The van der Waals surface area contributed by atoms with Gasteiger partial charge in [-0.2, -0.15) is 0 Å². The van der Waals surface area contributed by atoms with E-state index in [1.54, 1.807) is 6.07 Å². The second-order valence-electron chi connectivity index (χ2n) is 7.20. The summed E-state index contributed by atoms with van der Waals surface area (Å²) in [4.78, 5) is 24.2. The molecule has 29 heavy (non-hydrogen) atoms. The summed E-state index contributed by atoms with van der Waals surface area (Å²) in [7, 11) is 0. The van der Waals surface area contributed by atoms with Crippen molar-refractivity contribution in [2.75, 3.05) is 10.6 Å².